The molecule has 1 heterocycles. The SMILES string of the molecule is CC1(C)CCC(O)(CNc2nccn(C3CC3)c2=O)CC1. The van der Waals surface area contributed by atoms with Crippen LogP contribution < -0.4 is 10.9 Å². The molecule has 2 N–H and O–H groups in total. The number of hydrogen-bond acceptors (Lipinski definition) is 4. The second kappa shape index (κ2) is 5.13. The lowest BCUT2D eigenvalue weighted by molar-refractivity contribution is -0.0146. The summed E-state index contributed by atoms with van der Waals surface area (Å²) in [5, 5.41) is 13.7. The molecule has 0 bridgehead atoms. The summed E-state index contributed by atoms with van der Waals surface area (Å²) in [6.45, 7) is 4.89. The van der Waals surface area contributed by atoms with E-state index >= 15 is 0 Å². The fraction of sp³-hybridized carbons (Fsp3) is 0.750. The number of aliphatic hydroxyl groups is 1. The van der Waals surface area contributed by atoms with Crippen molar-refractivity contribution in [3.8, 4) is 0 Å². The Morgan fingerprint density at radius 3 is 2.62 bits per heavy atom. The molecule has 116 valence electrons. The van der Waals surface area contributed by atoms with Crippen LogP contribution in [0, 0.1) is 5.41 Å². The standard InChI is InChI=1S/C16H25N3O2/c1-15(2)5-7-16(21,8-6-15)11-18-13-14(20)19(10-9-17-13)12-3-4-12/h9-10,12,21H,3-8,11H2,1-2H3,(H,17,18). The summed E-state index contributed by atoms with van der Waals surface area (Å²) in [7, 11) is 0. The molecule has 5 heteroatoms. The summed E-state index contributed by atoms with van der Waals surface area (Å²) < 4.78 is 1.75. The highest BCUT2D eigenvalue weighted by Gasteiger charge is 2.36. The van der Waals surface area contributed by atoms with Crippen molar-refractivity contribution >= 4 is 5.82 Å². The number of hydrogen-bond donors (Lipinski definition) is 2. The van der Waals surface area contributed by atoms with Gasteiger partial charge < -0.3 is 15.0 Å². The van der Waals surface area contributed by atoms with Gasteiger partial charge in [0.25, 0.3) is 5.56 Å². The van der Waals surface area contributed by atoms with E-state index in [2.05, 4.69) is 24.1 Å². The highest BCUT2D eigenvalue weighted by Crippen LogP contribution is 2.40. The van der Waals surface area contributed by atoms with E-state index < -0.39 is 5.60 Å². The highest BCUT2D eigenvalue weighted by molar-refractivity contribution is 5.32. The van der Waals surface area contributed by atoms with Gasteiger partial charge in [-0.1, -0.05) is 13.8 Å². The molecule has 21 heavy (non-hydrogen) atoms. The predicted molar refractivity (Wildman–Crippen MR) is 82.5 cm³/mol. The largest absolute Gasteiger partial charge is 0.388 e. The lowest BCUT2D eigenvalue weighted by atomic mass is 9.71. The minimum Gasteiger partial charge on any atom is -0.388 e. The normalized spacial score (nSPS) is 23.8. The van der Waals surface area contributed by atoms with Gasteiger partial charge in [-0.25, -0.2) is 4.98 Å². The zero-order valence-corrected chi connectivity index (χ0v) is 12.9. The van der Waals surface area contributed by atoms with Gasteiger partial charge in [-0.3, -0.25) is 4.79 Å². The first-order valence-electron chi connectivity index (χ1n) is 7.92. The second-order valence-corrected chi connectivity index (χ2v) is 7.46. The Balaban J connectivity index is 1.65. The van der Waals surface area contributed by atoms with Gasteiger partial charge in [-0.2, -0.15) is 0 Å². The van der Waals surface area contributed by atoms with E-state index in [0.717, 1.165) is 38.5 Å². The van der Waals surface area contributed by atoms with Gasteiger partial charge in [-0.05, 0) is 43.9 Å². The average molecular weight is 291 g/mol. The predicted octanol–water partition coefficient (Wildman–Crippen LogP) is 2.32. The molecule has 2 aliphatic carbocycles. The zero-order chi connectivity index (χ0) is 15.1. The van der Waals surface area contributed by atoms with Crippen molar-refractivity contribution < 1.29 is 5.11 Å². The van der Waals surface area contributed by atoms with Gasteiger partial charge in [0.2, 0.25) is 0 Å². The molecule has 2 fully saturated rings. The summed E-state index contributed by atoms with van der Waals surface area (Å²) >= 11 is 0. The van der Waals surface area contributed by atoms with Crippen molar-refractivity contribution in [1.29, 1.82) is 0 Å². The maximum atomic E-state index is 12.3. The molecule has 3 rings (SSSR count). The Labute approximate surface area is 125 Å². The molecular weight excluding hydrogens is 266 g/mol. The molecule has 0 amide bonds. The lowest BCUT2D eigenvalue weighted by Gasteiger charge is -2.40. The molecule has 0 aromatic carbocycles. The summed E-state index contributed by atoms with van der Waals surface area (Å²) in [4.78, 5) is 16.4. The van der Waals surface area contributed by atoms with Gasteiger partial charge in [0.15, 0.2) is 5.82 Å². The quantitative estimate of drug-likeness (QED) is 0.893. The summed E-state index contributed by atoms with van der Waals surface area (Å²) in [6, 6.07) is 0.347. The lowest BCUT2D eigenvalue weighted by Crippen LogP contribution is -2.43. The van der Waals surface area contributed by atoms with Crippen LogP contribution in [0.1, 0.15) is 58.4 Å². The molecular formula is C16H25N3O2. The second-order valence-electron chi connectivity index (χ2n) is 7.46. The van der Waals surface area contributed by atoms with Crippen LogP contribution in [-0.2, 0) is 0 Å². The maximum absolute atomic E-state index is 12.3. The third-order valence-electron chi connectivity index (χ3n) is 4.93. The van der Waals surface area contributed by atoms with E-state index in [1.165, 1.54) is 0 Å². The van der Waals surface area contributed by atoms with E-state index in [1.807, 2.05) is 0 Å². The molecule has 0 spiro atoms. The Morgan fingerprint density at radius 2 is 2.00 bits per heavy atom. The van der Waals surface area contributed by atoms with Crippen LogP contribution in [0.4, 0.5) is 5.82 Å². The monoisotopic (exact) mass is 291 g/mol. The maximum Gasteiger partial charge on any atom is 0.293 e. The van der Waals surface area contributed by atoms with Gasteiger partial charge >= 0.3 is 0 Å². The van der Waals surface area contributed by atoms with Crippen LogP contribution in [0.5, 0.6) is 0 Å². The topological polar surface area (TPSA) is 67.2 Å². The van der Waals surface area contributed by atoms with E-state index in [4.69, 9.17) is 0 Å². The first kappa shape index (κ1) is 14.6. The van der Waals surface area contributed by atoms with Gasteiger partial charge in [0, 0.05) is 25.0 Å². The van der Waals surface area contributed by atoms with Crippen molar-refractivity contribution in [2.75, 3.05) is 11.9 Å². The number of rotatable bonds is 4. The Bertz CT molecular complexity index is 565. The van der Waals surface area contributed by atoms with Crippen molar-refractivity contribution in [3.05, 3.63) is 22.7 Å². The van der Waals surface area contributed by atoms with Crippen LogP contribution >= 0.6 is 0 Å². The molecule has 0 aliphatic heterocycles. The van der Waals surface area contributed by atoms with Gasteiger partial charge in [0.05, 0.1) is 5.60 Å². The average Bonchev–Trinajstić information content (AvgIpc) is 3.26. The van der Waals surface area contributed by atoms with Crippen molar-refractivity contribution in [2.24, 2.45) is 5.41 Å². The first-order valence-corrected chi connectivity index (χ1v) is 7.92. The van der Waals surface area contributed by atoms with Gasteiger partial charge in [0.1, 0.15) is 0 Å². The van der Waals surface area contributed by atoms with E-state index in [0.29, 0.717) is 23.8 Å². The van der Waals surface area contributed by atoms with E-state index in [1.54, 1.807) is 17.0 Å². The minimum atomic E-state index is -0.718. The fourth-order valence-corrected chi connectivity index (χ4v) is 3.00. The number of anilines is 1. The Kier molecular flexibility index (Phi) is 3.56. The van der Waals surface area contributed by atoms with Gasteiger partial charge in [-0.15, -0.1) is 0 Å². The summed E-state index contributed by atoms with van der Waals surface area (Å²) in [5.41, 5.74) is -0.473. The molecule has 2 aliphatic rings. The van der Waals surface area contributed by atoms with E-state index in [-0.39, 0.29) is 5.56 Å². The van der Waals surface area contributed by atoms with Crippen LogP contribution in [0.25, 0.3) is 0 Å². The summed E-state index contributed by atoms with van der Waals surface area (Å²) in [6.07, 6.45) is 9.14. The van der Waals surface area contributed by atoms with Crippen molar-refractivity contribution in [3.63, 3.8) is 0 Å². The first-order chi connectivity index (χ1) is 9.89. The third kappa shape index (κ3) is 3.28. The molecule has 0 atom stereocenters. The minimum absolute atomic E-state index is 0.0697. The van der Waals surface area contributed by atoms with E-state index in [9.17, 15) is 9.90 Å². The molecule has 1 aromatic rings. The molecule has 1 aromatic heterocycles. The van der Waals surface area contributed by atoms with Crippen molar-refractivity contribution in [1.82, 2.24) is 9.55 Å². The highest BCUT2D eigenvalue weighted by atomic mass is 16.3. The van der Waals surface area contributed by atoms with Crippen LogP contribution in [-0.4, -0.2) is 26.8 Å². The molecule has 2 saturated carbocycles. The zero-order valence-electron chi connectivity index (χ0n) is 12.9. The molecule has 5 nitrogen and oxygen atoms in total. The number of aromatic nitrogens is 2. The summed E-state index contributed by atoms with van der Waals surface area (Å²) in [5.74, 6) is 0.364. The Morgan fingerprint density at radius 1 is 1.33 bits per heavy atom. The van der Waals surface area contributed by atoms with Crippen LogP contribution in [0.15, 0.2) is 17.2 Å². The number of nitrogens with one attached hydrogen (secondary N) is 1. The fourth-order valence-electron chi connectivity index (χ4n) is 3.00. The third-order valence-corrected chi connectivity index (χ3v) is 4.93. The smallest absolute Gasteiger partial charge is 0.293 e. The van der Waals surface area contributed by atoms with Crippen LogP contribution in [0.2, 0.25) is 0 Å². The van der Waals surface area contributed by atoms with Crippen LogP contribution in [0.3, 0.4) is 0 Å². The number of nitrogens with zero attached hydrogens (tertiary/aromatic N) is 2. The molecule has 0 radical (unpaired) electrons. The molecule has 0 unspecified atom stereocenters. The van der Waals surface area contributed by atoms with Crippen molar-refractivity contribution in [2.45, 2.75) is 64.0 Å². The Hall–Kier alpha value is -1.36. The molecule has 0 saturated heterocycles.